The first-order valence-electron chi connectivity index (χ1n) is 21.2. The molecule has 16 heteroatoms. The van der Waals surface area contributed by atoms with E-state index < -0.39 is 53.4 Å². The maximum absolute atomic E-state index is 14.7. The second-order valence-corrected chi connectivity index (χ2v) is 16.9. The quantitative estimate of drug-likeness (QED) is 0.0220. The first-order chi connectivity index (χ1) is 31.1. The van der Waals surface area contributed by atoms with Crippen LogP contribution in [-0.4, -0.2) is 71.2 Å². The number of hydrogen-bond acceptors (Lipinski definition) is 14. The zero-order chi connectivity index (χ0) is 46.7. The summed E-state index contributed by atoms with van der Waals surface area (Å²) in [5.74, 6) is -2.35. The standard InChI is InChI=1S/C49H54N2O14/c1-30(13-12-23-48(2,3)61-27-41(53)50-57)18-19-34-33(20-21-37-44(34)60-29-59-37)38-25-36(52)43-40(63-38)26-39(64-46(55)31-14-8-6-9-15-31)35(22-24-49(4,5)62-28-42(54)51-58)45(43)65-47(56)32-16-10-7-11-17-32/h6-11,14-18,20-21,26,38,57-58H,12-13,19,22-25,27-29H2,1-5H3,(H,50,53)(H,51,54)/b30-18+. The van der Waals surface area contributed by atoms with Crippen molar-refractivity contribution in [3.05, 3.63) is 124 Å². The van der Waals surface area contributed by atoms with Gasteiger partial charge >= 0.3 is 11.9 Å². The molecule has 4 N–H and O–H groups in total. The van der Waals surface area contributed by atoms with Gasteiger partial charge in [-0.25, -0.2) is 20.5 Å². The lowest BCUT2D eigenvalue weighted by Gasteiger charge is -2.31. The summed E-state index contributed by atoms with van der Waals surface area (Å²) in [6.07, 6.45) is 3.82. The molecule has 1 unspecified atom stereocenters. The molecule has 6 rings (SSSR count). The van der Waals surface area contributed by atoms with Crippen LogP contribution in [-0.2, 0) is 31.9 Å². The predicted octanol–water partition coefficient (Wildman–Crippen LogP) is 7.75. The summed E-state index contributed by atoms with van der Waals surface area (Å²) in [7, 11) is 0. The second-order valence-electron chi connectivity index (χ2n) is 16.9. The monoisotopic (exact) mass is 894 g/mol. The number of ether oxygens (including phenoxy) is 7. The average molecular weight is 895 g/mol. The third kappa shape index (κ3) is 12.6. The van der Waals surface area contributed by atoms with E-state index in [1.807, 2.05) is 26.8 Å². The number of carbonyl (C=O) groups excluding carboxylic acids is 5. The Balaban J connectivity index is 1.36. The van der Waals surface area contributed by atoms with Crippen LogP contribution in [0.1, 0.15) is 121 Å². The molecular formula is C49H54N2O14. The first kappa shape index (κ1) is 47.9. The van der Waals surface area contributed by atoms with Gasteiger partial charge in [0.25, 0.3) is 11.8 Å². The van der Waals surface area contributed by atoms with Crippen LogP contribution in [0.5, 0.6) is 28.7 Å². The Labute approximate surface area is 376 Å². The van der Waals surface area contributed by atoms with Crippen molar-refractivity contribution >= 4 is 29.5 Å². The van der Waals surface area contributed by atoms with E-state index in [1.54, 1.807) is 86.1 Å². The molecule has 1 atom stereocenters. The van der Waals surface area contributed by atoms with Crippen LogP contribution in [0.2, 0.25) is 0 Å². The molecule has 0 saturated heterocycles. The number of rotatable bonds is 20. The van der Waals surface area contributed by atoms with Gasteiger partial charge < -0.3 is 33.2 Å². The van der Waals surface area contributed by atoms with Gasteiger partial charge in [0, 0.05) is 22.8 Å². The Bertz CT molecular complexity index is 2410. The van der Waals surface area contributed by atoms with Crippen LogP contribution in [0.3, 0.4) is 0 Å². The predicted molar refractivity (Wildman–Crippen MR) is 234 cm³/mol. The molecule has 0 aliphatic carbocycles. The lowest BCUT2D eigenvalue weighted by atomic mass is 9.88. The van der Waals surface area contributed by atoms with Crippen molar-refractivity contribution in [2.75, 3.05) is 20.0 Å². The molecule has 16 nitrogen and oxygen atoms in total. The summed E-state index contributed by atoms with van der Waals surface area (Å²) in [5.41, 5.74) is 4.65. The molecule has 0 saturated carbocycles. The van der Waals surface area contributed by atoms with E-state index in [9.17, 15) is 24.0 Å². The average Bonchev–Trinajstić information content (AvgIpc) is 3.78. The summed E-state index contributed by atoms with van der Waals surface area (Å²) < 4.78 is 42.1. The number of amides is 2. The Morgan fingerprint density at radius 3 is 1.98 bits per heavy atom. The van der Waals surface area contributed by atoms with Crippen LogP contribution in [0.25, 0.3) is 0 Å². The minimum atomic E-state index is -0.997. The Kier molecular flexibility index (Phi) is 15.8. The molecule has 2 aliphatic rings. The summed E-state index contributed by atoms with van der Waals surface area (Å²) in [5, 5.41) is 17.8. The van der Waals surface area contributed by atoms with Crippen molar-refractivity contribution in [1.82, 2.24) is 11.0 Å². The molecule has 344 valence electrons. The molecule has 0 spiro atoms. The molecule has 65 heavy (non-hydrogen) atoms. The number of ketones is 1. The van der Waals surface area contributed by atoms with E-state index >= 15 is 0 Å². The van der Waals surface area contributed by atoms with Crippen molar-refractivity contribution < 1.29 is 67.5 Å². The van der Waals surface area contributed by atoms with Gasteiger partial charge in [0.2, 0.25) is 6.79 Å². The van der Waals surface area contributed by atoms with Crippen molar-refractivity contribution in [2.24, 2.45) is 0 Å². The van der Waals surface area contributed by atoms with Gasteiger partial charge in [0.15, 0.2) is 23.0 Å². The smallest absolute Gasteiger partial charge is 0.343 e. The Morgan fingerprint density at radius 1 is 0.769 bits per heavy atom. The highest BCUT2D eigenvalue weighted by molar-refractivity contribution is 6.05. The number of nitrogens with one attached hydrogen (secondary N) is 2. The number of allylic oxidation sites excluding steroid dienone is 2. The van der Waals surface area contributed by atoms with E-state index in [4.69, 9.17) is 43.6 Å². The maximum Gasteiger partial charge on any atom is 0.343 e. The highest BCUT2D eigenvalue weighted by Gasteiger charge is 2.38. The number of hydroxylamine groups is 2. The molecule has 2 heterocycles. The summed E-state index contributed by atoms with van der Waals surface area (Å²) in [4.78, 5) is 65.5. The van der Waals surface area contributed by atoms with Gasteiger partial charge in [-0.05, 0) is 103 Å². The van der Waals surface area contributed by atoms with E-state index in [-0.39, 0.29) is 72.2 Å². The minimum Gasteiger partial charge on any atom is -0.484 e. The van der Waals surface area contributed by atoms with Gasteiger partial charge in [-0.2, -0.15) is 0 Å². The molecule has 0 fully saturated rings. The number of benzene rings is 4. The van der Waals surface area contributed by atoms with Crippen molar-refractivity contribution in [3.8, 4) is 28.7 Å². The van der Waals surface area contributed by atoms with Gasteiger partial charge in [-0.15, -0.1) is 0 Å². The lowest BCUT2D eigenvalue weighted by Crippen LogP contribution is -2.32. The van der Waals surface area contributed by atoms with E-state index in [0.717, 1.165) is 24.0 Å². The van der Waals surface area contributed by atoms with Crippen LogP contribution >= 0.6 is 0 Å². The highest BCUT2D eigenvalue weighted by atomic mass is 16.7. The summed E-state index contributed by atoms with van der Waals surface area (Å²) in [6, 6.07) is 21.6. The molecule has 0 aromatic heterocycles. The zero-order valence-electron chi connectivity index (χ0n) is 37.0. The van der Waals surface area contributed by atoms with Crippen LogP contribution < -0.4 is 34.6 Å². The van der Waals surface area contributed by atoms with E-state index in [1.165, 1.54) is 11.5 Å². The largest absolute Gasteiger partial charge is 0.484 e. The molecule has 2 aliphatic heterocycles. The molecule has 0 radical (unpaired) electrons. The van der Waals surface area contributed by atoms with Crippen LogP contribution in [0.15, 0.2) is 90.5 Å². The third-order valence-electron chi connectivity index (χ3n) is 11.1. The minimum absolute atomic E-state index is 0.0106. The number of esters is 2. The van der Waals surface area contributed by atoms with E-state index in [0.29, 0.717) is 29.9 Å². The third-order valence-corrected chi connectivity index (χ3v) is 11.1. The summed E-state index contributed by atoms with van der Waals surface area (Å²) >= 11 is 0. The van der Waals surface area contributed by atoms with Gasteiger partial charge in [-0.3, -0.25) is 24.8 Å². The fourth-order valence-corrected chi connectivity index (χ4v) is 7.43. The maximum atomic E-state index is 14.7. The SMILES string of the molecule is C/C(=C\Cc1c(C2CC(=O)c3c(cc(OC(=O)c4ccccc4)c(CCC(C)(C)OCC(=O)NO)c3OC(=O)c3ccccc3)O2)ccc2c1OCO2)CCCC(C)(C)OCC(=O)NO. The lowest BCUT2D eigenvalue weighted by molar-refractivity contribution is -0.140. The summed E-state index contributed by atoms with van der Waals surface area (Å²) in [6.45, 7) is 8.51. The normalized spacial score (nSPS) is 14.5. The van der Waals surface area contributed by atoms with Crippen molar-refractivity contribution in [3.63, 3.8) is 0 Å². The first-order valence-corrected chi connectivity index (χ1v) is 21.2. The number of hydrogen-bond donors (Lipinski definition) is 4. The van der Waals surface area contributed by atoms with Gasteiger partial charge in [0.1, 0.15) is 36.4 Å². The number of carbonyl (C=O) groups is 5. The fourth-order valence-electron chi connectivity index (χ4n) is 7.43. The molecule has 2 amide bonds. The molecule has 4 aromatic carbocycles. The van der Waals surface area contributed by atoms with Crippen LogP contribution in [0, 0.1) is 0 Å². The van der Waals surface area contributed by atoms with Gasteiger partial charge in [-0.1, -0.05) is 54.1 Å². The Morgan fingerprint density at radius 2 is 1.37 bits per heavy atom. The highest BCUT2D eigenvalue weighted by Crippen LogP contribution is 2.49. The molecular weight excluding hydrogens is 841 g/mol. The topological polar surface area (TPSA) is 214 Å². The number of fused-ring (bicyclic) bond motifs is 2. The Hall–Kier alpha value is -6.59. The molecule has 0 bridgehead atoms. The zero-order valence-corrected chi connectivity index (χ0v) is 37.0. The van der Waals surface area contributed by atoms with Crippen molar-refractivity contribution in [1.29, 1.82) is 0 Å². The molecule has 4 aromatic rings. The van der Waals surface area contributed by atoms with Crippen LogP contribution in [0.4, 0.5) is 0 Å². The van der Waals surface area contributed by atoms with E-state index in [2.05, 4.69) is 6.08 Å². The van der Waals surface area contributed by atoms with Crippen molar-refractivity contribution in [2.45, 2.75) is 96.9 Å². The number of Topliss-reactive ketones (excluding diaryl/α,β-unsaturated/α-hetero) is 1. The fraction of sp³-hybridized carbons (Fsp3) is 0.367. The van der Waals surface area contributed by atoms with Gasteiger partial charge in [0.05, 0.1) is 28.7 Å². The second kappa shape index (κ2) is 21.4.